The smallest absolute Gasteiger partial charge is 0.459 e. The highest BCUT2D eigenvalue weighted by molar-refractivity contribution is 7.52. The highest BCUT2D eigenvalue weighted by atomic mass is 31.2. The maximum absolute atomic E-state index is 14.8. The second-order valence-corrected chi connectivity index (χ2v) is 15.4. The lowest BCUT2D eigenvalue weighted by Crippen LogP contribution is -2.45. The molecule has 2 aromatic heterocycles. The minimum atomic E-state index is -4.54. The largest absolute Gasteiger partial charge is 0.461 e. The van der Waals surface area contributed by atoms with Gasteiger partial charge in [0.2, 0.25) is 5.60 Å². The molecule has 3 aliphatic rings. The first-order valence-corrected chi connectivity index (χ1v) is 18.5. The molecule has 3 N–H and O–H groups in total. The highest BCUT2D eigenvalue weighted by Gasteiger charge is 2.91. The van der Waals surface area contributed by atoms with Crippen molar-refractivity contribution in [3.8, 4) is 5.75 Å². The number of fused-ring (bicyclic) bond motifs is 2. The monoisotopic (exact) mass is 729 g/mol. The summed E-state index contributed by atoms with van der Waals surface area (Å²) in [5.41, 5.74) is 3.64. The van der Waals surface area contributed by atoms with Gasteiger partial charge in [-0.3, -0.25) is 18.9 Å². The standard InChI is InChI=1S/C34H44N5O11P/c1-19(2)29(40)46-27-26(24-12-13-25-28(35)36-18-37-39(24)25)47-33(6)32(34(27,33)48-30(41)20(3)4)50-51(43,49-23-10-8-7-9-11-23)38-21(5)31(42)45-22-14-16-44-17-15-22/h7-13,18-22,26-27,32H,14-17H2,1-6H3,(H,38,43)(H2,35,36,37)/t21-,26-,27-,32?,33+,34+,51+/m0/s1. The van der Waals surface area contributed by atoms with Gasteiger partial charge in [-0.25, -0.2) is 14.1 Å². The van der Waals surface area contributed by atoms with Crippen molar-refractivity contribution in [3.63, 3.8) is 0 Å². The zero-order valence-electron chi connectivity index (χ0n) is 29.3. The van der Waals surface area contributed by atoms with Crippen LogP contribution in [0.25, 0.3) is 5.52 Å². The molecular formula is C34H44N5O11P. The van der Waals surface area contributed by atoms with Crippen LogP contribution >= 0.6 is 7.75 Å². The molecule has 1 unspecified atom stereocenters. The second-order valence-electron chi connectivity index (χ2n) is 13.7. The topological polar surface area (TPSA) is 201 Å². The summed E-state index contributed by atoms with van der Waals surface area (Å²) in [4.78, 5) is 44.0. The molecule has 2 saturated heterocycles. The maximum atomic E-state index is 14.8. The number of nitrogens with zero attached hydrogens (tertiary/aromatic N) is 3. The van der Waals surface area contributed by atoms with Crippen molar-refractivity contribution in [2.24, 2.45) is 11.8 Å². The van der Waals surface area contributed by atoms with Crippen LogP contribution < -0.4 is 15.3 Å². The normalized spacial score (nSPS) is 27.8. The van der Waals surface area contributed by atoms with Crippen LogP contribution in [0.2, 0.25) is 0 Å². The number of aromatic nitrogens is 3. The van der Waals surface area contributed by atoms with Gasteiger partial charge in [-0.15, -0.1) is 0 Å². The van der Waals surface area contributed by atoms with Gasteiger partial charge >= 0.3 is 25.7 Å². The van der Waals surface area contributed by atoms with Crippen LogP contribution in [0.4, 0.5) is 5.82 Å². The Kier molecular flexibility index (Phi) is 10.2. The van der Waals surface area contributed by atoms with Gasteiger partial charge in [-0.05, 0) is 38.1 Å². The molecule has 16 nitrogen and oxygen atoms in total. The summed E-state index contributed by atoms with van der Waals surface area (Å²) < 4.78 is 58.6. The molecule has 0 bridgehead atoms. The third-order valence-corrected chi connectivity index (χ3v) is 10.9. The number of hydrogen-bond acceptors (Lipinski definition) is 14. The van der Waals surface area contributed by atoms with E-state index in [2.05, 4.69) is 15.2 Å². The second kappa shape index (κ2) is 14.2. The van der Waals surface area contributed by atoms with Crippen molar-refractivity contribution in [2.45, 2.75) is 96.0 Å². The van der Waals surface area contributed by atoms with Crippen molar-refractivity contribution >= 4 is 37.0 Å². The van der Waals surface area contributed by atoms with Crippen LogP contribution in [0.3, 0.4) is 0 Å². The molecule has 276 valence electrons. The molecule has 1 saturated carbocycles. The van der Waals surface area contributed by atoms with Gasteiger partial charge in [0.05, 0.1) is 30.7 Å². The number of esters is 3. The molecule has 0 amide bonds. The van der Waals surface area contributed by atoms with E-state index in [-0.39, 0.29) is 17.7 Å². The molecule has 2 aliphatic heterocycles. The zero-order valence-corrected chi connectivity index (χ0v) is 30.2. The van der Waals surface area contributed by atoms with E-state index in [9.17, 15) is 18.9 Å². The Hall–Kier alpha value is -4.08. The first-order chi connectivity index (χ1) is 24.2. The van der Waals surface area contributed by atoms with E-state index in [1.54, 1.807) is 77.1 Å². The maximum Gasteiger partial charge on any atom is 0.459 e. The van der Waals surface area contributed by atoms with Crippen molar-refractivity contribution in [2.75, 3.05) is 18.9 Å². The summed E-state index contributed by atoms with van der Waals surface area (Å²) in [5.74, 6) is -2.74. The predicted octanol–water partition coefficient (Wildman–Crippen LogP) is 3.93. The molecule has 17 heteroatoms. The average Bonchev–Trinajstić information content (AvgIpc) is 3.35. The van der Waals surface area contributed by atoms with E-state index in [0.29, 0.717) is 37.3 Å². The summed E-state index contributed by atoms with van der Waals surface area (Å²) in [6.07, 6.45) is -1.72. The van der Waals surface area contributed by atoms with Crippen LogP contribution in [0.5, 0.6) is 5.75 Å². The Morgan fingerprint density at radius 1 is 0.980 bits per heavy atom. The lowest BCUT2D eigenvalue weighted by Gasteiger charge is -2.31. The molecule has 0 spiro atoms. The van der Waals surface area contributed by atoms with Gasteiger partial charge in [-0.1, -0.05) is 45.9 Å². The average molecular weight is 730 g/mol. The number of hydrogen-bond donors (Lipinski definition) is 2. The van der Waals surface area contributed by atoms with Crippen molar-refractivity contribution < 1.29 is 51.7 Å². The quantitative estimate of drug-likeness (QED) is 0.145. The van der Waals surface area contributed by atoms with Gasteiger partial charge in [0.1, 0.15) is 47.5 Å². The summed E-state index contributed by atoms with van der Waals surface area (Å²) in [7, 11) is -4.54. The Labute approximate surface area is 295 Å². The van der Waals surface area contributed by atoms with Gasteiger partial charge in [0, 0.05) is 12.8 Å². The van der Waals surface area contributed by atoms with Gasteiger partial charge in [0.25, 0.3) is 0 Å². The molecule has 0 radical (unpaired) electrons. The first kappa shape index (κ1) is 36.7. The Balaban J connectivity index is 1.38. The van der Waals surface area contributed by atoms with Crippen LogP contribution in [-0.2, 0) is 47.2 Å². The first-order valence-electron chi connectivity index (χ1n) is 17.0. The Morgan fingerprint density at radius 3 is 2.33 bits per heavy atom. The van der Waals surface area contributed by atoms with Crippen LogP contribution in [0.1, 0.15) is 66.2 Å². The number of nitrogen functional groups attached to an aromatic ring is 1. The zero-order chi connectivity index (χ0) is 36.7. The van der Waals surface area contributed by atoms with E-state index in [0.717, 1.165) is 0 Å². The number of nitrogens with one attached hydrogen (secondary N) is 1. The van der Waals surface area contributed by atoms with E-state index in [1.807, 2.05) is 0 Å². The molecule has 4 heterocycles. The SMILES string of the molecule is CC(C)C(=O)O[C@H]1[C@H](c2ccc3c(N)ncnn23)O[C@]2(C)C(O[P@@](=O)(N[C@@H](C)C(=O)OC3CCOCC3)Oc3ccccc3)[C@]12OC(=O)C(C)C. The Bertz CT molecular complexity index is 1820. The molecule has 6 rings (SSSR count). The summed E-state index contributed by atoms with van der Waals surface area (Å²) in [6, 6.07) is 10.5. The highest BCUT2D eigenvalue weighted by Crippen LogP contribution is 2.71. The van der Waals surface area contributed by atoms with Gasteiger partial charge in [-0.2, -0.15) is 10.2 Å². The number of carbonyl (C=O) groups is 3. The number of rotatable bonds is 13. The number of carbonyl (C=O) groups excluding carboxylic acids is 3. The third-order valence-electron chi connectivity index (χ3n) is 9.28. The van der Waals surface area contributed by atoms with Crippen molar-refractivity contribution in [1.82, 2.24) is 19.7 Å². The molecule has 1 aliphatic carbocycles. The lowest BCUT2D eigenvalue weighted by atomic mass is 10.0. The van der Waals surface area contributed by atoms with E-state index >= 15 is 0 Å². The molecule has 3 aromatic rings. The molecule has 7 atom stereocenters. The Morgan fingerprint density at radius 2 is 1.67 bits per heavy atom. The van der Waals surface area contributed by atoms with Crippen molar-refractivity contribution in [1.29, 1.82) is 0 Å². The number of ether oxygens (including phenoxy) is 5. The van der Waals surface area contributed by atoms with Crippen LogP contribution in [0, 0.1) is 11.8 Å². The predicted molar refractivity (Wildman–Crippen MR) is 180 cm³/mol. The molecule has 3 fully saturated rings. The summed E-state index contributed by atoms with van der Waals surface area (Å²) >= 11 is 0. The summed E-state index contributed by atoms with van der Waals surface area (Å²) in [6.45, 7) is 10.6. The fourth-order valence-corrected chi connectivity index (χ4v) is 8.13. The van der Waals surface area contributed by atoms with E-state index < -0.39 is 73.0 Å². The lowest BCUT2D eigenvalue weighted by molar-refractivity contribution is -0.181. The molecule has 1 aromatic carbocycles. The number of para-hydroxylation sites is 1. The molecule has 51 heavy (non-hydrogen) atoms. The van der Waals surface area contributed by atoms with Gasteiger partial charge in [0.15, 0.2) is 11.9 Å². The molecular weight excluding hydrogens is 685 g/mol. The number of benzene rings is 1. The number of anilines is 1. The third kappa shape index (κ3) is 6.95. The van der Waals surface area contributed by atoms with Gasteiger partial charge < -0.3 is 33.9 Å². The number of nitrogens with two attached hydrogens (primary N) is 1. The fourth-order valence-electron chi connectivity index (χ4n) is 6.36. The van der Waals surface area contributed by atoms with E-state index in [1.165, 1.54) is 17.8 Å². The van der Waals surface area contributed by atoms with Crippen LogP contribution in [0.15, 0.2) is 48.8 Å². The minimum Gasteiger partial charge on any atom is -0.461 e. The van der Waals surface area contributed by atoms with Crippen LogP contribution in [-0.4, -0.2) is 81.3 Å². The van der Waals surface area contributed by atoms with Crippen molar-refractivity contribution in [3.05, 3.63) is 54.5 Å². The minimum absolute atomic E-state index is 0.168. The fraction of sp³-hybridized carbons (Fsp3) is 0.559. The van der Waals surface area contributed by atoms with E-state index in [4.69, 9.17) is 38.5 Å². The summed E-state index contributed by atoms with van der Waals surface area (Å²) in [5, 5.41) is 7.04.